The quantitative estimate of drug-likeness (QED) is 0.701. The van der Waals surface area contributed by atoms with Gasteiger partial charge in [0.15, 0.2) is 0 Å². The van der Waals surface area contributed by atoms with E-state index in [2.05, 4.69) is 43.0 Å². The summed E-state index contributed by atoms with van der Waals surface area (Å²) in [6.45, 7) is 7.76. The maximum Gasteiger partial charge on any atom is 0.119 e. The van der Waals surface area contributed by atoms with Crippen LogP contribution in [0.4, 0.5) is 0 Å². The molecule has 0 saturated heterocycles. The Balaban J connectivity index is 1.83. The van der Waals surface area contributed by atoms with Crippen LogP contribution >= 0.6 is 0 Å². The first-order chi connectivity index (χ1) is 11.7. The zero-order valence-electron chi connectivity index (χ0n) is 14.8. The highest BCUT2D eigenvalue weighted by Crippen LogP contribution is 2.21. The van der Waals surface area contributed by atoms with Crippen molar-refractivity contribution < 1.29 is 9.84 Å². The molecule has 0 saturated carbocycles. The summed E-state index contributed by atoms with van der Waals surface area (Å²) in [6.07, 6.45) is 1.30. The minimum absolute atomic E-state index is 0.435. The first-order valence-corrected chi connectivity index (χ1v) is 8.90. The summed E-state index contributed by atoms with van der Waals surface area (Å²) in [6, 6.07) is 18.3. The van der Waals surface area contributed by atoms with Crippen molar-refractivity contribution in [3.05, 3.63) is 65.7 Å². The lowest BCUT2D eigenvalue weighted by molar-refractivity contribution is 0.141. The van der Waals surface area contributed by atoms with Gasteiger partial charge in [0.05, 0.1) is 12.7 Å². The van der Waals surface area contributed by atoms with Crippen molar-refractivity contribution >= 4 is 0 Å². The maximum atomic E-state index is 10.4. The van der Waals surface area contributed by atoms with Crippen molar-refractivity contribution in [3.63, 3.8) is 0 Å². The fourth-order valence-corrected chi connectivity index (χ4v) is 2.67. The van der Waals surface area contributed by atoms with Crippen molar-refractivity contribution in [3.8, 4) is 5.75 Å². The van der Waals surface area contributed by atoms with Crippen LogP contribution in [-0.2, 0) is 6.54 Å². The van der Waals surface area contributed by atoms with Gasteiger partial charge < -0.3 is 9.84 Å². The Morgan fingerprint density at radius 2 is 1.71 bits per heavy atom. The van der Waals surface area contributed by atoms with Gasteiger partial charge in [0, 0.05) is 13.1 Å². The third-order valence-electron chi connectivity index (χ3n) is 4.15. The number of nitrogens with zero attached hydrogens (tertiary/aromatic N) is 1. The number of ether oxygens (including phenoxy) is 1. The summed E-state index contributed by atoms with van der Waals surface area (Å²) in [7, 11) is 0. The number of benzene rings is 2. The fourth-order valence-electron chi connectivity index (χ4n) is 2.67. The molecule has 1 atom stereocenters. The number of rotatable bonds is 10. The van der Waals surface area contributed by atoms with Crippen molar-refractivity contribution in [2.45, 2.75) is 39.3 Å². The Morgan fingerprint density at radius 1 is 1.00 bits per heavy atom. The van der Waals surface area contributed by atoms with E-state index >= 15 is 0 Å². The molecule has 0 bridgehead atoms. The topological polar surface area (TPSA) is 32.7 Å². The molecule has 2 rings (SSSR count). The molecule has 3 heteroatoms. The molecule has 0 aliphatic carbocycles. The van der Waals surface area contributed by atoms with Gasteiger partial charge >= 0.3 is 0 Å². The average Bonchev–Trinajstić information content (AvgIpc) is 2.64. The van der Waals surface area contributed by atoms with Crippen molar-refractivity contribution in [1.29, 1.82) is 0 Å². The van der Waals surface area contributed by atoms with E-state index < -0.39 is 6.10 Å². The van der Waals surface area contributed by atoms with Crippen LogP contribution in [0.15, 0.2) is 54.6 Å². The number of hydrogen-bond donors (Lipinski definition) is 1. The number of aliphatic hydroxyl groups is 1. The Morgan fingerprint density at radius 3 is 2.33 bits per heavy atom. The smallest absolute Gasteiger partial charge is 0.119 e. The SMILES string of the molecule is CCCOc1ccc(C(O)CCN(CC)Cc2ccccc2)cc1. The second kappa shape index (κ2) is 10.1. The highest BCUT2D eigenvalue weighted by molar-refractivity contribution is 5.28. The molecule has 2 aromatic rings. The van der Waals surface area contributed by atoms with E-state index in [-0.39, 0.29) is 0 Å². The lowest BCUT2D eigenvalue weighted by Gasteiger charge is -2.22. The van der Waals surface area contributed by atoms with Crippen LogP contribution in [0, 0.1) is 0 Å². The highest BCUT2D eigenvalue weighted by Gasteiger charge is 2.11. The first kappa shape index (κ1) is 18.5. The Bertz CT molecular complexity index is 568. The first-order valence-electron chi connectivity index (χ1n) is 8.90. The summed E-state index contributed by atoms with van der Waals surface area (Å²) in [5.41, 5.74) is 2.26. The largest absolute Gasteiger partial charge is 0.494 e. The second-order valence-corrected chi connectivity index (χ2v) is 6.08. The third kappa shape index (κ3) is 5.99. The van der Waals surface area contributed by atoms with Gasteiger partial charge in [-0.2, -0.15) is 0 Å². The van der Waals surface area contributed by atoms with Crippen molar-refractivity contribution in [1.82, 2.24) is 4.90 Å². The minimum Gasteiger partial charge on any atom is -0.494 e. The normalized spacial score (nSPS) is 12.3. The molecule has 0 aromatic heterocycles. The molecule has 130 valence electrons. The Hall–Kier alpha value is -1.84. The van der Waals surface area contributed by atoms with Crippen LogP contribution in [-0.4, -0.2) is 29.7 Å². The predicted octanol–water partition coefficient (Wildman–Crippen LogP) is 4.42. The van der Waals surface area contributed by atoms with E-state index in [1.54, 1.807) is 0 Å². The molecule has 1 unspecified atom stereocenters. The number of hydrogen-bond acceptors (Lipinski definition) is 3. The van der Waals surface area contributed by atoms with E-state index in [0.29, 0.717) is 0 Å². The summed E-state index contributed by atoms with van der Waals surface area (Å²) in [5.74, 6) is 0.868. The molecular weight excluding hydrogens is 298 g/mol. The van der Waals surface area contributed by atoms with Crippen LogP contribution in [0.2, 0.25) is 0 Å². The fraction of sp³-hybridized carbons (Fsp3) is 0.429. The Labute approximate surface area is 145 Å². The van der Waals surface area contributed by atoms with Crippen LogP contribution in [0.1, 0.15) is 43.9 Å². The van der Waals surface area contributed by atoms with E-state index in [1.165, 1.54) is 5.56 Å². The van der Waals surface area contributed by atoms with Gasteiger partial charge in [-0.3, -0.25) is 4.90 Å². The van der Waals surface area contributed by atoms with Gasteiger partial charge in [-0.05, 0) is 42.6 Å². The lowest BCUT2D eigenvalue weighted by atomic mass is 10.1. The summed E-state index contributed by atoms with van der Waals surface area (Å²) < 4.78 is 5.58. The Kier molecular flexibility index (Phi) is 7.80. The van der Waals surface area contributed by atoms with E-state index in [1.807, 2.05) is 30.3 Å². The minimum atomic E-state index is -0.435. The lowest BCUT2D eigenvalue weighted by Crippen LogP contribution is -2.25. The van der Waals surface area contributed by atoms with Gasteiger partial charge in [-0.15, -0.1) is 0 Å². The summed E-state index contributed by atoms with van der Waals surface area (Å²) >= 11 is 0. The molecule has 24 heavy (non-hydrogen) atoms. The monoisotopic (exact) mass is 327 g/mol. The maximum absolute atomic E-state index is 10.4. The van der Waals surface area contributed by atoms with Crippen LogP contribution in [0.25, 0.3) is 0 Å². The van der Waals surface area contributed by atoms with Crippen molar-refractivity contribution in [2.75, 3.05) is 19.7 Å². The molecule has 3 nitrogen and oxygen atoms in total. The van der Waals surface area contributed by atoms with Gasteiger partial charge in [0.1, 0.15) is 5.75 Å². The zero-order valence-corrected chi connectivity index (χ0v) is 14.8. The molecule has 0 heterocycles. The molecular formula is C21H29NO2. The molecule has 1 N–H and O–H groups in total. The van der Waals surface area contributed by atoms with Crippen LogP contribution in [0.3, 0.4) is 0 Å². The van der Waals surface area contributed by atoms with Gasteiger partial charge in [0.2, 0.25) is 0 Å². The summed E-state index contributed by atoms with van der Waals surface area (Å²) in [5, 5.41) is 10.4. The second-order valence-electron chi connectivity index (χ2n) is 6.08. The zero-order chi connectivity index (χ0) is 17.2. The van der Waals surface area contributed by atoms with E-state index in [9.17, 15) is 5.11 Å². The van der Waals surface area contributed by atoms with Crippen molar-refractivity contribution in [2.24, 2.45) is 0 Å². The van der Waals surface area contributed by atoms with Gasteiger partial charge in [-0.25, -0.2) is 0 Å². The summed E-state index contributed by atoms with van der Waals surface area (Å²) in [4.78, 5) is 2.36. The van der Waals surface area contributed by atoms with Gasteiger partial charge in [-0.1, -0.05) is 56.3 Å². The average molecular weight is 327 g/mol. The molecule has 0 aliphatic rings. The molecule has 0 spiro atoms. The van der Waals surface area contributed by atoms with Crippen LogP contribution < -0.4 is 4.74 Å². The van der Waals surface area contributed by atoms with E-state index in [4.69, 9.17) is 4.74 Å². The number of aliphatic hydroxyl groups excluding tert-OH is 1. The molecule has 0 fully saturated rings. The molecule has 0 amide bonds. The van der Waals surface area contributed by atoms with Gasteiger partial charge in [0.25, 0.3) is 0 Å². The molecule has 2 aromatic carbocycles. The third-order valence-corrected chi connectivity index (χ3v) is 4.15. The standard InChI is InChI=1S/C21H29NO2/c1-3-16-24-20-12-10-19(11-13-20)21(23)14-15-22(4-2)17-18-8-6-5-7-9-18/h5-13,21,23H,3-4,14-17H2,1-2H3. The van der Waals surface area contributed by atoms with E-state index in [0.717, 1.165) is 50.4 Å². The predicted molar refractivity (Wildman–Crippen MR) is 99.2 cm³/mol. The molecule has 0 radical (unpaired) electrons. The van der Waals surface area contributed by atoms with Crippen LogP contribution in [0.5, 0.6) is 5.75 Å². The highest BCUT2D eigenvalue weighted by atomic mass is 16.5. The molecule has 0 aliphatic heterocycles.